The Kier molecular flexibility index (Phi) is 7.20. The van der Waals surface area contributed by atoms with Gasteiger partial charge in [-0.2, -0.15) is 0 Å². The van der Waals surface area contributed by atoms with Crippen molar-refractivity contribution < 1.29 is 8.83 Å². The summed E-state index contributed by atoms with van der Waals surface area (Å²) < 4.78 is 17.9. The highest BCUT2D eigenvalue weighted by molar-refractivity contribution is 6.28. The SMILES string of the molecule is c1ccc(-c2nc(-c3ccccc3)nc(-c3ccc(-n4c5cccnc5c5c6oc7c(ccc8c7c7ncccc7n8-c7ccc8oc9ccccc9c8c7)c6ccc54)cc3)n2)cc1. The summed E-state index contributed by atoms with van der Waals surface area (Å²) in [6.07, 6.45) is 3.70. The average molecular weight is 822 g/mol. The third kappa shape index (κ3) is 5.03. The van der Waals surface area contributed by atoms with E-state index < -0.39 is 0 Å². The van der Waals surface area contributed by atoms with Gasteiger partial charge in [0.25, 0.3) is 0 Å². The van der Waals surface area contributed by atoms with Gasteiger partial charge in [0.15, 0.2) is 17.5 Å². The van der Waals surface area contributed by atoms with Crippen LogP contribution in [0.5, 0.6) is 0 Å². The van der Waals surface area contributed by atoms with Crippen molar-refractivity contribution in [3.05, 3.63) is 188 Å². The number of pyridine rings is 2. The molecule has 0 unspecified atom stereocenters. The largest absolute Gasteiger partial charge is 0.456 e. The second-order valence-electron chi connectivity index (χ2n) is 16.1. The van der Waals surface area contributed by atoms with Crippen LogP contribution in [0.15, 0.2) is 197 Å². The number of hydrogen-bond donors (Lipinski definition) is 0. The lowest BCUT2D eigenvalue weighted by atomic mass is 10.1. The van der Waals surface area contributed by atoms with Crippen LogP contribution in [0.1, 0.15) is 0 Å². The fourth-order valence-electron chi connectivity index (χ4n) is 9.62. The predicted octanol–water partition coefficient (Wildman–Crippen LogP) is 13.7. The quantitative estimate of drug-likeness (QED) is 0.170. The molecule has 0 saturated carbocycles. The Labute approximate surface area is 363 Å². The summed E-state index contributed by atoms with van der Waals surface area (Å²) in [6, 6.07) is 60.0. The van der Waals surface area contributed by atoms with Crippen LogP contribution in [-0.4, -0.2) is 34.1 Å². The van der Waals surface area contributed by atoms with Gasteiger partial charge in [-0.1, -0.05) is 78.9 Å². The van der Waals surface area contributed by atoms with Crippen LogP contribution in [0.2, 0.25) is 0 Å². The first-order valence-corrected chi connectivity index (χ1v) is 21.2. The summed E-state index contributed by atoms with van der Waals surface area (Å²) in [5.74, 6) is 1.85. The Morgan fingerprint density at radius 1 is 0.344 bits per heavy atom. The number of fused-ring (bicyclic) bond motifs is 14. The van der Waals surface area contributed by atoms with E-state index in [1.54, 1.807) is 0 Å². The molecule has 0 spiro atoms. The number of furan rings is 2. The summed E-state index contributed by atoms with van der Waals surface area (Å²) in [5.41, 5.74) is 13.7. The Hall–Kier alpha value is -8.95. The summed E-state index contributed by atoms with van der Waals surface area (Å²) in [4.78, 5) is 24.8. The Morgan fingerprint density at radius 2 is 0.844 bits per heavy atom. The van der Waals surface area contributed by atoms with Crippen molar-refractivity contribution in [2.45, 2.75) is 0 Å². The lowest BCUT2D eigenvalue weighted by Crippen LogP contribution is -2.00. The van der Waals surface area contributed by atoms with Gasteiger partial charge in [0.2, 0.25) is 0 Å². The number of hydrogen-bond acceptors (Lipinski definition) is 7. The predicted molar refractivity (Wildman–Crippen MR) is 255 cm³/mol. The molecule has 0 aliphatic rings. The molecule has 7 aromatic carbocycles. The van der Waals surface area contributed by atoms with Gasteiger partial charge in [-0.25, -0.2) is 15.0 Å². The van der Waals surface area contributed by atoms with Gasteiger partial charge in [0.05, 0.1) is 32.8 Å². The van der Waals surface area contributed by atoms with Crippen LogP contribution >= 0.6 is 0 Å². The van der Waals surface area contributed by atoms with E-state index in [4.69, 9.17) is 33.8 Å². The van der Waals surface area contributed by atoms with E-state index in [0.717, 1.165) is 116 Å². The van der Waals surface area contributed by atoms with Gasteiger partial charge in [-0.05, 0) is 97.1 Å². The highest BCUT2D eigenvalue weighted by Crippen LogP contribution is 2.44. The second-order valence-corrected chi connectivity index (χ2v) is 16.1. The fraction of sp³-hybridized carbons (Fsp3) is 0. The molecule has 0 fully saturated rings. The summed E-state index contributed by atoms with van der Waals surface area (Å²) in [7, 11) is 0. The third-order valence-electron chi connectivity index (χ3n) is 12.5. The van der Waals surface area contributed by atoms with Crippen molar-refractivity contribution >= 4 is 87.7 Å². The molecule has 0 bridgehead atoms. The Morgan fingerprint density at radius 3 is 1.44 bits per heavy atom. The maximum atomic E-state index is 7.14. The van der Waals surface area contributed by atoms with Gasteiger partial charge < -0.3 is 18.0 Å². The van der Waals surface area contributed by atoms with Crippen LogP contribution in [-0.2, 0) is 0 Å². The maximum absolute atomic E-state index is 7.14. The van der Waals surface area contributed by atoms with E-state index in [-0.39, 0.29) is 0 Å². The number of para-hydroxylation sites is 1. The van der Waals surface area contributed by atoms with Crippen molar-refractivity contribution in [3.8, 4) is 45.5 Å². The zero-order chi connectivity index (χ0) is 41.9. The number of rotatable bonds is 5. The molecule has 0 radical (unpaired) electrons. The van der Waals surface area contributed by atoms with E-state index in [1.807, 2.05) is 103 Å². The normalized spacial score (nSPS) is 12.1. The molecule has 0 N–H and O–H groups in total. The zero-order valence-electron chi connectivity index (χ0n) is 33.8. The van der Waals surface area contributed by atoms with Crippen molar-refractivity contribution in [1.82, 2.24) is 34.1 Å². The van der Waals surface area contributed by atoms with E-state index in [0.29, 0.717) is 17.5 Å². The van der Waals surface area contributed by atoms with Gasteiger partial charge in [-0.3, -0.25) is 9.97 Å². The standard InChI is InChI=1S/C55H31N7O2/c1-3-11-32(12-4-1)53-58-54(33-13-5-2-6-14-33)60-55(59-53)34-19-21-35(22-20-34)61-41-26-24-38-39-25-27-42-48(52(39)64-51(38)47(41)49-43(61)16-9-29-56-49)50-44(17-10-30-57-50)62(42)36-23-28-46-40(31-36)37-15-7-8-18-45(37)63-46/h1-31H. The highest BCUT2D eigenvalue weighted by Gasteiger charge is 2.24. The summed E-state index contributed by atoms with van der Waals surface area (Å²) in [5, 5.41) is 6.11. The first-order chi connectivity index (χ1) is 31.7. The minimum Gasteiger partial charge on any atom is -0.456 e. The maximum Gasteiger partial charge on any atom is 0.164 e. The molecule has 9 nitrogen and oxygen atoms in total. The molecule has 14 aromatic rings. The van der Waals surface area contributed by atoms with E-state index in [2.05, 4.69) is 94.1 Å². The summed E-state index contributed by atoms with van der Waals surface area (Å²) >= 11 is 0. The molecule has 14 rings (SSSR count). The monoisotopic (exact) mass is 821 g/mol. The number of benzene rings is 7. The molecule has 298 valence electrons. The van der Waals surface area contributed by atoms with Gasteiger partial charge >= 0.3 is 0 Å². The molecule has 0 saturated heterocycles. The molecule has 64 heavy (non-hydrogen) atoms. The van der Waals surface area contributed by atoms with Crippen molar-refractivity contribution in [1.29, 1.82) is 0 Å². The minimum absolute atomic E-state index is 0.602. The van der Waals surface area contributed by atoms with E-state index in [1.165, 1.54) is 0 Å². The van der Waals surface area contributed by atoms with Crippen LogP contribution in [0.4, 0.5) is 0 Å². The minimum atomic E-state index is 0.602. The number of nitrogens with zero attached hydrogens (tertiary/aromatic N) is 7. The molecule has 7 heterocycles. The lowest BCUT2D eigenvalue weighted by Gasteiger charge is -2.10. The molecular formula is C55H31N7O2. The van der Waals surface area contributed by atoms with Crippen molar-refractivity contribution in [2.75, 3.05) is 0 Å². The van der Waals surface area contributed by atoms with E-state index in [9.17, 15) is 0 Å². The van der Waals surface area contributed by atoms with Crippen molar-refractivity contribution in [2.24, 2.45) is 0 Å². The van der Waals surface area contributed by atoms with Crippen LogP contribution in [0.3, 0.4) is 0 Å². The topological polar surface area (TPSA) is 101 Å². The van der Waals surface area contributed by atoms with E-state index >= 15 is 0 Å². The zero-order valence-corrected chi connectivity index (χ0v) is 33.8. The Bertz CT molecular complexity index is 4130. The molecule has 7 aromatic heterocycles. The van der Waals surface area contributed by atoms with Crippen LogP contribution in [0, 0.1) is 0 Å². The molecule has 0 aliphatic carbocycles. The third-order valence-corrected chi connectivity index (χ3v) is 12.5. The molecule has 9 heteroatoms. The van der Waals surface area contributed by atoms with Crippen LogP contribution < -0.4 is 0 Å². The molecule has 0 atom stereocenters. The average Bonchev–Trinajstić information content (AvgIpc) is 4.12. The molecule has 0 aliphatic heterocycles. The van der Waals surface area contributed by atoms with Gasteiger partial charge in [-0.15, -0.1) is 0 Å². The highest BCUT2D eigenvalue weighted by atomic mass is 16.3. The lowest BCUT2D eigenvalue weighted by molar-refractivity contribution is 0.669. The second kappa shape index (κ2) is 13.3. The molecular weight excluding hydrogens is 791 g/mol. The number of aromatic nitrogens is 7. The first kappa shape index (κ1) is 34.7. The smallest absolute Gasteiger partial charge is 0.164 e. The summed E-state index contributed by atoms with van der Waals surface area (Å²) in [6.45, 7) is 0. The molecule has 0 amide bonds. The van der Waals surface area contributed by atoms with Crippen LogP contribution in [0.25, 0.3) is 133 Å². The Balaban J connectivity index is 0.941. The van der Waals surface area contributed by atoms with Gasteiger partial charge in [0, 0.05) is 62.0 Å². The van der Waals surface area contributed by atoms with Gasteiger partial charge in [0.1, 0.15) is 33.4 Å². The fourth-order valence-corrected chi connectivity index (χ4v) is 9.62. The first-order valence-electron chi connectivity index (χ1n) is 21.2. The van der Waals surface area contributed by atoms with Crippen molar-refractivity contribution in [3.63, 3.8) is 0 Å².